The molecule has 0 fully saturated rings. The van der Waals surface area contributed by atoms with Crippen LogP contribution < -0.4 is 14.1 Å². The van der Waals surface area contributed by atoms with E-state index in [1.54, 1.807) is 12.0 Å². The molecule has 150 valence electrons. The number of hydrogen-bond acceptors (Lipinski definition) is 3. The molecule has 3 aromatic carbocycles. The van der Waals surface area contributed by atoms with Crippen LogP contribution in [0, 0.1) is 0 Å². The van der Waals surface area contributed by atoms with Crippen LogP contribution in [0.4, 0.5) is 5.69 Å². The number of hydrogen-bond donors (Lipinski definition) is 0. The number of amides is 1. The summed E-state index contributed by atoms with van der Waals surface area (Å²) < 4.78 is 14.2. The van der Waals surface area contributed by atoms with Gasteiger partial charge in [0, 0.05) is 0 Å². The van der Waals surface area contributed by atoms with E-state index in [1.807, 2.05) is 61.6 Å². The molecule has 1 atom stereocenters. The summed E-state index contributed by atoms with van der Waals surface area (Å²) in [6.07, 6.45) is 0. The van der Waals surface area contributed by atoms with Crippen molar-refractivity contribution in [3.63, 3.8) is 0 Å². The maximum absolute atomic E-state index is 13.6. The summed E-state index contributed by atoms with van der Waals surface area (Å²) in [6.45, 7) is 0.449. The van der Waals surface area contributed by atoms with Gasteiger partial charge >= 0.3 is 182 Å². The molecule has 3 aromatic rings. The second kappa shape index (κ2) is 7.44. The molecule has 0 bridgehead atoms. The molecule has 2 aliphatic heterocycles. The first kappa shape index (κ1) is 19.1. The predicted molar refractivity (Wildman–Crippen MR) is 119 cm³/mol. The zero-order valence-electron chi connectivity index (χ0n) is 16.8. The van der Waals surface area contributed by atoms with Gasteiger partial charge in [0.25, 0.3) is 0 Å². The molecule has 1 unspecified atom stereocenters. The van der Waals surface area contributed by atoms with Crippen molar-refractivity contribution in [2.45, 2.75) is 5.60 Å². The van der Waals surface area contributed by atoms with Gasteiger partial charge < -0.3 is 0 Å². The fraction of sp³-hybridized carbons (Fsp3) is 0.160. The van der Waals surface area contributed by atoms with Crippen molar-refractivity contribution in [3.8, 4) is 5.75 Å². The van der Waals surface area contributed by atoms with Crippen LogP contribution in [0.3, 0.4) is 0 Å². The Morgan fingerprint density at radius 2 is 1.67 bits per heavy atom. The fourth-order valence-corrected chi connectivity index (χ4v) is 6.48. The summed E-state index contributed by atoms with van der Waals surface area (Å²) in [5.41, 5.74) is 2.71. The van der Waals surface area contributed by atoms with Crippen LogP contribution in [-0.4, -0.2) is 41.6 Å². The number of fused-ring (bicyclic) bond motifs is 2. The van der Waals surface area contributed by atoms with E-state index in [0.29, 0.717) is 6.61 Å². The summed E-state index contributed by atoms with van der Waals surface area (Å²) >= 11 is 0.0520. The summed E-state index contributed by atoms with van der Waals surface area (Å²) in [5, 5.41) is 0. The van der Waals surface area contributed by atoms with Gasteiger partial charge in [-0.25, -0.2) is 0 Å². The molecule has 0 aromatic heterocycles. The van der Waals surface area contributed by atoms with Gasteiger partial charge in [-0.05, 0) is 0 Å². The van der Waals surface area contributed by atoms with Crippen LogP contribution in [0.5, 0.6) is 5.75 Å². The summed E-state index contributed by atoms with van der Waals surface area (Å²) in [6, 6.07) is 26.3. The van der Waals surface area contributed by atoms with E-state index >= 15 is 0 Å². The van der Waals surface area contributed by atoms with Gasteiger partial charge in [0.1, 0.15) is 0 Å². The number of carbonyl (C=O) groups is 1. The van der Waals surface area contributed by atoms with Crippen molar-refractivity contribution < 1.29 is 14.3 Å². The number of benzene rings is 3. The fourth-order valence-electron chi connectivity index (χ4n) is 4.25. The molecule has 0 saturated heterocycles. The number of nitrogens with zero attached hydrogens (tertiary/aromatic N) is 1. The van der Waals surface area contributed by atoms with Crippen LogP contribution in [0.2, 0.25) is 0 Å². The molecule has 0 radical (unpaired) electrons. The van der Waals surface area contributed by atoms with E-state index < -0.39 is 5.60 Å². The zero-order valence-corrected chi connectivity index (χ0v) is 18.5. The molecule has 4 nitrogen and oxygen atoms in total. The van der Waals surface area contributed by atoms with Gasteiger partial charge in [0.2, 0.25) is 0 Å². The first-order chi connectivity index (χ1) is 14.6. The number of anilines is 1. The quantitative estimate of drug-likeness (QED) is 0.559. The Bertz CT molecular complexity index is 1140. The van der Waals surface area contributed by atoms with E-state index in [0.717, 1.165) is 28.1 Å². The summed E-state index contributed by atoms with van der Waals surface area (Å²) in [5.74, 6) is 0.756. The third kappa shape index (κ3) is 2.82. The second-order valence-corrected chi connectivity index (χ2v) is 9.74. The minimum absolute atomic E-state index is 0.0339. The number of rotatable bonds is 4. The molecule has 2 heterocycles. The number of ether oxygens (including phenoxy) is 2. The van der Waals surface area contributed by atoms with Gasteiger partial charge in [-0.2, -0.15) is 0 Å². The standard InChI is InChI=1S/C25H21NO3Se/c1-26-21-11-7-6-10-20(21)25(24(26)27)23(17-12-14-18(28-2)15-13-17)22(16-29-25)30-19-8-4-3-5-9-19/h3-15H,16H2,1-2H3. The Hall–Kier alpha value is -2.85. The average Bonchev–Trinajstić information content (AvgIpc) is 3.27. The van der Waals surface area contributed by atoms with Crippen LogP contribution in [0.25, 0.3) is 5.57 Å². The molecule has 5 heteroatoms. The third-order valence-corrected chi connectivity index (χ3v) is 7.92. The first-order valence-corrected chi connectivity index (χ1v) is 11.5. The monoisotopic (exact) mass is 463 g/mol. The number of methoxy groups -OCH3 is 1. The molecule has 5 rings (SSSR count). The molecule has 0 aliphatic carbocycles. The molecular formula is C25H21NO3Se. The number of carbonyl (C=O) groups excluding carboxylic acids is 1. The first-order valence-electron chi connectivity index (χ1n) is 9.77. The Balaban J connectivity index is 1.72. The van der Waals surface area contributed by atoms with Crippen molar-refractivity contribution in [2.75, 3.05) is 25.7 Å². The summed E-state index contributed by atoms with van der Waals surface area (Å²) in [4.78, 5) is 15.4. The molecule has 1 amide bonds. The van der Waals surface area contributed by atoms with Gasteiger partial charge in [0.05, 0.1) is 0 Å². The van der Waals surface area contributed by atoms with Crippen LogP contribution >= 0.6 is 0 Å². The van der Waals surface area contributed by atoms with Crippen LogP contribution in [0.15, 0.2) is 83.3 Å². The van der Waals surface area contributed by atoms with Crippen molar-refractivity contribution >= 4 is 36.6 Å². The van der Waals surface area contributed by atoms with Crippen molar-refractivity contribution in [1.82, 2.24) is 0 Å². The Morgan fingerprint density at radius 3 is 2.40 bits per heavy atom. The van der Waals surface area contributed by atoms with Crippen molar-refractivity contribution in [1.29, 1.82) is 0 Å². The van der Waals surface area contributed by atoms with E-state index in [9.17, 15) is 4.79 Å². The minimum atomic E-state index is -1.09. The van der Waals surface area contributed by atoms with Crippen LogP contribution in [-0.2, 0) is 15.1 Å². The summed E-state index contributed by atoms with van der Waals surface area (Å²) in [7, 11) is 3.48. The molecular weight excluding hydrogens is 441 g/mol. The Labute approximate surface area is 182 Å². The Morgan fingerprint density at radius 1 is 0.967 bits per heavy atom. The number of likely N-dealkylation sites (N-methyl/N-ethyl adjacent to an activating group) is 1. The molecule has 2 aliphatic rings. The molecule has 0 N–H and O–H groups in total. The average molecular weight is 462 g/mol. The topological polar surface area (TPSA) is 38.8 Å². The van der Waals surface area contributed by atoms with E-state index in [4.69, 9.17) is 9.47 Å². The van der Waals surface area contributed by atoms with E-state index in [-0.39, 0.29) is 20.9 Å². The molecule has 1 spiro atoms. The van der Waals surface area contributed by atoms with Gasteiger partial charge in [0.15, 0.2) is 0 Å². The van der Waals surface area contributed by atoms with Gasteiger partial charge in [-0.1, -0.05) is 0 Å². The SMILES string of the molecule is COc1ccc(C2=C([Se]c3ccccc3)COC23C(=O)N(C)c2ccccc23)cc1. The molecule has 0 saturated carbocycles. The van der Waals surface area contributed by atoms with E-state index in [1.165, 1.54) is 8.93 Å². The predicted octanol–water partition coefficient (Wildman–Crippen LogP) is 3.34. The number of para-hydroxylation sites is 1. The van der Waals surface area contributed by atoms with Crippen molar-refractivity contribution in [3.05, 3.63) is 94.5 Å². The Kier molecular flexibility index (Phi) is 4.74. The van der Waals surface area contributed by atoms with Crippen LogP contribution in [0.1, 0.15) is 11.1 Å². The zero-order chi connectivity index (χ0) is 20.7. The maximum atomic E-state index is 13.6. The van der Waals surface area contributed by atoms with E-state index in [2.05, 4.69) is 24.3 Å². The molecule has 30 heavy (non-hydrogen) atoms. The van der Waals surface area contributed by atoms with Gasteiger partial charge in [-0.15, -0.1) is 0 Å². The second-order valence-electron chi connectivity index (χ2n) is 7.29. The van der Waals surface area contributed by atoms with Crippen molar-refractivity contribution in [2.24, 2.45) is 0 Å². The van der Waals surface area contributed by atoms with Gasteiger partial charge in [-0.3, -0.25) is 0 Å². The normalized spacial score (nSPS) is 20.2. The third-order valence-electron chi connectivity index (χ3n) is 5.66.